The Morgan fingerprint density at radius 1 is 1.56 bits per heavy atom. The lowest BCUT2D eigenvalue weighted by molar-refractivity contribution is 0.0939. The van der Waals surface area contributed by atoms with Gasteiger partial charge >= 0.3 is 0 Å². The second-order valence-corrected chi connectivity index (χ2v) is 3.14. The molecular formula is C10H16N4O2. The van der Waals surface area contributed by atoms with E-state index in [0.717, 1.165) is 6.42 Å². The van der Waals surface area contributed by atoms with Gasteiger partial charge in [-0.2, -0.15) is 0 Å². The highest BCUT2D eigenvalue weighted by Crippen LogP contribution is 1.96. The van der Waals surface area contributed by atoms with Gasteiger partial charge in [0.1, 0.15) is 11.5 Å². The molecule has 16 heavy (non-hydrogen) atoms. The van der Waals surface area contributed by atoms with Gasteiger partial charge in [-0.25, -0.2) is 4.98 Å². The van der Waals surface area contributed by atoms with E-state index in [4.69, 9.17) is 10.5 Å². The lowest BCUT2D eigenvalue weighted by Gasteiger charge is -2.04. The average Bonchev–Trinajstić information content (AvgIpc) is 2.28. The molecule has 0 aromatic carbocycles. The van der Waals surface area contributed by atoms with E-state index < -0.39 is 0 Å². The summed E-state index contributed by atoms with van der Waals surface area (Å²) in [4.78, 5) is 19.2. The number of aromatic nitrogens is 2. The smallest absolute Gasteiger partial charge is 0.271 e. The van der Waals surface area contributed by atoms with Crippen LogP contribution in [0, 0.1) is 0 Å². The first-order valence-corrected chi connectivity index (χ1v) is 5.17. The van der Waals surface area contributed by atoms with Crippen LogP contribution >= 0.6 is 0 Å². The third-order valence-corrected chi connectivity index (χ3v) is 1.84. The Morgan fingerprint density at radius 3 is 3.06 bits per heavy atom. The van der Waals surface area contributed by atoms with Crippen molar-refractivity contribution in [1.82, 2.24) is 15.3 Å². The van der Waals surface area contributed by atoms with Gasteiger partial charge in [-0.05, 0) is 13.3 Å². The maximum atomic E-state index is 11.5. The molecule has 1 aromatic rings. The summed E-state index contributed by atoms with van der Waals surface area (Å²) in [6, 6.07) is 0. The molecule has 1 rings (SSSR count). The van der Waals surface area contributed by atoms with Crippen molar-refractivity contribution in [2.45, 2.75) is 13.3 Å². The van der Waals surface area contributed by atoms with Gasteiger partial charge in [0.15, 0.2) is 0 Å². The highest BCUT2D eigenvalue weighted by molar-refractivity contribution is 5.92. The fourth-order valence-electron chi connectivity index (χ4n) is 1.10. The molecule has 0 saturated carbocycles. The fourth-order valence-corrected chi connectivity index (χ4v) is 1.10. The summed E-state index contributed by atoms with van der Waals surface area (Å²) in [5.74, 6) is -0.0294. The minimum Gasteiger partial charge on any atom is -0.382 e. The van der Waals surface area contributed by atoms with E-state index >= 15 is 0 Å². The number of nitrogens with zero attached hydrogens (tertiary/aromatic N) is 2. The third kappa shape index (κ3) is 4.22. The Balaban J connectivity index is 2.30. The van der Waals surface area contributed by atoms with Gasteiger partial charge in [0.05, 0.1) is 12.4 Å². The molecule has 0 radical (unpaired) electrons. The van der Waals surface area contributed by atoms with Crippen molar-refractivity contribution in [3.05, 3.63) is 18.1 Å². The first kappa shape index (κ1) is 12.4. The van der Waals surface area contributed by atoms with Crippen molar-refractivity contribution in [2.24, 2.45) is 0 Å². The van der Waals surface area contributed by atoms with E-state index in [1.807, 2.05) is 6.92 Å². The molecule has 1 aromatic heterocycles. The summed E-state index contributed by atoms with van der Waals surface area (Å²) in [6.07, 6.45) is 3.55. The number of nitrogen functional groups attached to an aromatic ring is 1. The standard InChI is InChI=1S/C10H16N4O2/c1-2-16-5-3-4-13-10(15)8-6-12-7-9(11)14-8/h6-7H,2-5H2,1H3,(H2,11,14)(H,13,15). The first-order chi connectivity index (χ1) is 7.74. The Morgan fingerprint density at radius 2 is 2.38 bits per heavy atom. The molecule has 1 amide bonds. The second kappa shape index (κ2) is 6.73. The quantitative estimate of drug-likeness (QED) is 0.674. The minimum absolute atomic E-state index is 0.233. The molecule has 0 bridgehead atoms. The zero-order chi connectivity index (χ0) is 11.8. The molecule has 3 N–H and O–H groups in total. The summed E-state index contributed by atoms with van der Waals surface area (Å²) in [6.45, 7) is 3.81. The minimum atomic E-state index is -0.267. The van der Waals surface area contributed by atoms with Gasteiger partial charge in [0.2, 0.25) is 0 Å². The molecule has 0 atom stereocenters. The summed E-state index contributed by atoms with van der Waals surface area (Å²) in [5, 5.41) is 2.71. The van der Waals surface area contributed by atoms with Crippen LogP contribution in [0.4, 0.5) is 5.82 Å². The van der Waals surface area contributed by atoms with Gasteiger partial charge in [-0.3, -0.25) is 9.78 Å². The predicted octanol–water partition coefficient (Wildman–Crippen LogP) is 0.215. The molecule has 0 spiro atoms. The Kier molecular flexibility index (Phi) is 5.21. The number of hydrogen-bond acceptors (Lipinski definition) is 5. The fraction of sp³-hybridized carbons (Fsp3) is 0.500. The largest absolute Gasteiger partial charge is 0.382 e. The number of nitrogens with one attached hydrogen (secondary N) is 1. The number of amides is 1. The maximum absolute atomic E-state index is 11.5. The SMILES string of the molecule is CCOCCCNC(=O)c1cncc(N)n1. The highest BCUT2D eigenvalue weighted by Gasteiger charge is 2.06. The van der Waals surface area contributed by atoms with Crippen molar-refractivity contribution < 1.29 is 9.53 Å². The van der Waals surface area contributed by atoms with Crippen molar-refractivity contribution >= 4 is 11.7 Å². The van der Waals surface area contributed by atoms with E-state index in [-0.39, 0.29) is 17.4 Å². The zero-order valence-electron chi connectivity index (χ0n) is 9.27. The summed E-state index contributed by atoms with van der Waals surface area (Å²) < 4.78 is 5.14. The van der Waals surface area contributed by atoms with E-state index in [2.05, 4.69) is 15.3 Å². The number of carbonyl (C=O) groups excluding carboxylic acids is 1. The molecule has 0 aliphatic carbocycles. The maximum Gasteiger partial charge on any atom is 0.271 e. The summed E-state index contributed by atoms with van der Waals surface area (Å²) in [5.41, 5.74) is 5.65. The Hall–Kier alpha value is -1.69. The van der Waals surface area contributed by atoms with Crippen molar-refractivity contribution in [3.63, 3.8) is 0 Å². The number of anilines is 1. The lowest BCUT2D eigenvalue weighted by atomic mass is 10.4. The van der Waals surface area contributed by atoms with Crippen LogP contribution in [-0.2, 0) is 4.74 Å². The van der Waals surface area contributed by atoms with Crippen LogP contribution in [0.1, 0.15) is 23.8 Å². The molecule has 0 unspecified atom stereocenters. The predicted molar refractivity (Wildman–Crippen MR) is 59.9 cm³/mol. The van der Waals surface area contributed by atoms with Crippen molar-refractivity contribution in [2.75, 3.05) is 25.5 Å². The number of nitrogens with two attached hydrogens (primary N) is 1. The topological polar surface area (TPSA) is 90.1 Å². The number of rotatable bonds is 6. The van der Waals surface area contributed by atoms with E-state index in [1.165, 1.54) is 12.4 Å². The average molecular weight is 224 g/mol. The number of ether oxygens (including phenoxy) is 1. The molecule has 88 valence electrons. The lowest BCUT2D eigenvalue weighted by Crippen LogP contribution is -2.26. The van der Waals surface area contributed by atoms with Crippen LogP contribution in [0.3, 0.4) is 0 Å². The van der Waals surface area contributed by atoms with E-state index in [1.54, 1.807) is 0 Å². The number of carbonyl (C=O) groups is 1. The van der Waals surface area contributed by atoms with Gasteiger partial charge in [0.25, 0.3) is 5.91 Å². The molecule has 0 aliphatic heterocycles. The summed E-state index contributed by atoms with van der Waals surface area (Å²) >= 11 is 0. The molecule has 6 heteroatoms. The van der Waals surface area contributed by atoms with Crippen LogP contribution in [0.15, 0.2) is 12.4 Å². The van der Waals surface area contributed by atoms with Crippen LogP contribution < -0.4 is 11.1 Å². The van der Waals surface area contributed by atoms with Crippen molar-refractivity contribution in [1.29, 1.82) is 0 Å². The first-order valence-electron chi connectivity index (χ1n) is 5.17. The molecule has 6 nitrogen and oxygen atoms in total. The van der Waals surface area contributed by atoms with Crippen LogP contribution in [0.25, 0.3) is 0 Å². The zero-order valence-corrected chi connectivity index (χ0v) is 9.27. The van der Waals surface area contributed by atoms with Gasteiger partial charge in [-0.1, -0.05) is 0 Å². The van der Waals surface area contributed by atoms with Gasteiger partial charge in [0, 0.05) is 19.8 Å². The molecule has 0 fully saturated rings. The molecule has 1 heterocycles. The van der Waals surface area contributed by atoms with Gasteiger partial charge < -0.3 is 15.8 Å². The normalized spacial score (nSPS) is 10.1. The van der Waals surface area contributed by atoms with Crippen LogP contribution in [0.2, 0.25) is 0 Å². The summed E-state index contributed by atoms with van der Waals surface area (Å²) in [7, 11) is 0. The Labute approximate surface area is 94.2 Å². The van der Waals surface area contributed by atoms with Crippen molar-refractivity contribution in [3.8, 4) is 0 Å². The Bertz CT molecular complexity index is 343. The monoisotopic (exact) mass is 224 g/mol. The molecular weight excluding hydrogens is 208 g/mol. The van der Waals surface area contributed by atoms with E-state index in [9.17, 15) is 4.79 Å². The molecule has 0 saturated heterocycles. The third-order valence-electron chi connectivity index (χ3n) is 1.84. The number of hydrogen-bond donors (Lipinski definition) is 2. The van der Waals surface area contributed by atoms with Crippen LogP contribution in [0.5, 0.6) is 0 Å². The highest BCUT2D eigenvalue weighted by atomic mass is 16.5. The molecule has 0 aliphatic rings. The van der Waals surface area contributed by atoms with Gasteiger partial charge in [-0.15, -0.1) is 0 Å². The van der Waals surface area contributed by atoms with Crippen LogP contribution in [-0.4, -0.2) is 35.6 Å². The second-order valence-electron chi connectivity index (χ2n) is 3.14. The van der Waals surface area contributed by atoms with E-state index in [0.29, 0.717) is 19.8 Å².